The molecule has 0 aliphatic carbocycles. The minimum atomic E-state index is -0.263. The van der Waals surface area contributed by atoms with Gasteiger partial charge in [0.25, 0.3) is 0 Å². The van der Waals surface area contributed by atoms with Gasteiger partial charge in [-0.1, -0.05) is 24.3 Å². The molecule has 0 aliphatic rings. The van der Waals surface area contributed by atoms with Crippen molar-refractivity contribution in [2.24, 2.45) is 0 Å². The Morgan fingerprint density at radius 1 is 1.05 bits per heavy atom. The highest BCUT2D eigenvalue weighted by Crippen LogP contribution is 2.15. The van der Waals surface area contributed by atoms with Gasteiger partial charge in [0.1, 0.15) is 23.9 Å². The van der Waals surface area contributed by atoms with Gasteiger partial charge in [0, 0.05) is 24.7 Å². The van der Waals surface area contributed by atoms with Crippen molar-refractivity contribution in [3.8, 4) is 11.5 Å². The van der Waals surface area contributed by atoms with E-state index in [1.807, 2.05) is 30.3 Å². The molecule has 1 N–H and O–H groups in total. The highest BCUT2D eigenvalue weighted by molar-refractivity contribution is 5.28. The Bertz CT molecular complexity index is 531. The largest absolute Gasteiger partial charge is 0.497 e. The third kappa shape index (κ3) is 4.24. The number of halogens is 1. The summed E-state index contributed by atoms with van der Waals surface area (Å²) in [7, 11) is 1.52. The molecular weight excluding hydrogens is 257 g/mol. The van der Waals surface area contributed by atoms with Crippen LogP contribution in [0.3, 0.4) is 0 Å². The predicted molar refractivity (Wildman–Crippen MR) is 76.6 cm³/mol. The Hall–Kier alpha value is -2.07. The van der Waals surface area contributed by atoms with Gasteiger partial charge in [0.05, 0.1) is 7.11 Å². The first kappa shape index (κ1) is 14.3. The van der Waals surface area contributed by atoms with Crippen molar-refractivity contribution in [1.82, 2.24) is 5.32 Å². The molecule has 0 heterocycles. The summed E-state index contributed by atoms with van der Waals surface area (Å²) < 4.78 is 24.2. The second-order valence-corrected chi connectivity index (χ2v) is 4.30. The van der Waals surface area contributed by atoms with E-state index in [2.05, 4.69) is 5.32 Å². The fourth-order valence-corrected chi connectivity index (χ4v) is 1.78. The summed E-state index contributed by atoms with van der Waals surface area (Å²) in [4.78, 5) is 0. The molecule has 0 aromatic heterocycles. The first-order valence-corrected chi connectivity index (χ1v) is 6.50. The van der Waals surface area contributed by atoms with E-state index in [9.17, 15) is 4.39 Å². The summed E-state index contributed by atoms with van der Waals surface area (Å²) in [6, 6.07) is 14.5. The topological polar surface area (TPSA) is 30.5 Å². The zero-order valence-electron chi connectivity index (χ0n) is 11.4. The lowest BCUT2D eigenvalue weighted by Crippen LogP contribution is -2.21. The molecule has 0 saturated heterocycles. The number of rotatable bonds is 7. The van der Waals surface area contributed by atoms with Crippen molar-refractivity contribution in [2.45, 2.75) is 6.54 Å². The number of hydrogen-bond acceptors (Lipinski definition) is 3. The number of methoxy groups -OCH3 is 1. The number of para-hydroxylation sites is 1. The van der Waals surface area contributed by atoms with Crippen LogP contribution in [0.1, 0.15) is 5.56 Å². The molecule has 0 aliphatic heterocycles. The Kier molecular flexibility index (Phi) is 5.38. The quantitative estimate of drug-likeness (QED) is 0.788. The zero-order chi connectivity index (χ0) is 14.2. The predicted octanol–water partition coefficient (Wildman–Crippen LogP) is 3.00. The molecule has 0 unspecified atom stereocenters. The molecule has 0 spiro atoms. The van der Waals surface area contributed by atoms with E-state index >= 15 is 0 Å². The second kappa shape index (κ2) is 7.50. The van der Waals surface area contributed by atoms with Gasteiger partial charge in [-0.15, -0.1) is 0 Å². The van der Waals surface area contributed by atoms with Gasteiger partial charge in [-0.05, 0) is 18.2 Å². The lowest BCUT2D eigenvalue weighted by molar-refractivity contribution is 0.313. The average Bonchev–Trinajstić information content (AvgIpc) is 2.49. The third-order valence-electron chi connectivity index (χ3n) is 2.87. The molecule has 2 aromatic carbocycles. The van der Waals surface area contributed by atoms with Crippen molar-refractivity contribution in [2.75, 3.05) is 20.3 Å². The van der Waals surface area contributed by atoms with Crippen molar-refractivity contribution in [3.05, 3.63) is 59.9 Å². The Labute approximate surface area is 118 Å². The molecule has 0 fully saturated rings. The summed E-state index contributed by atoms with van der Waals surface area (Å²) >= 11 is 0. The minimum Gasteiger partial charge on any atom is -0.497 e. The van der Waals surface area contributed by atoms with Crippen LogP contribution in [-0.2, 0) is 6.54 Å². The molecule has 0 amide bonds. The molecule has 2 rings (SSSR count). The van der Waals surface area contributed by atoms with E-state index in [1.54, 1.807) is 12.1 Å². The average molecular weight is 275 g/mol. The van der Waals surface area contributed by atoms with E-state index in [-0.39, 0.29) is 5.82 Å². The van der Waals surface area contributed by atoms with Crippen LogP contribution in [0.15, 0.2) is 48.5 Å². The van der Waals surface area contributed by atoms with Crippen LogP contribution in [0, 0.1) is 5.82 Å². The van der Waals surface area contributed by atoms with Crippen molar-refractivity contribution in [3.63, 3.8) is 0 Å². The lowest BCUT2D eigenvalue weighted by Gasteiger charge is -2.09. The van der Waals surface area contributed by atoms with Crippen LogP contribution >= 0.6 is 0 Å². The van der Waals surface area contributed by atoms with Crippen molar-refractivity contribution < 1.29 is 13.9 Å². The SMILES string of the molecule is COc1ccc(CNCCOc2ccccc2)c(F)c1. The molecule has 0 atom stereocenters. The highest BCUT2D eigenvalue weighted by atomic mass is 19.1. The molecule has 0 saturated carbocycles. The summed E-state index contributed by atoms with van der Waals surface area (Å²) in [5.41, 5.74) is 0.616. The van der Waals surface area contributed by atoms with Crippen molar-refractivity contribution in [1.29, 1.82) is 0 Å². The van der Waals surface area contributed by atoms with E-state index in [1.165, 1.54) is 13.2 Å². The number of hydrogen-bond donors (Lipinski definition) is 1. The molecule has 3 nitrogen and oxygen atoms in total. The van der Waals surface area contributed by atoms with Crippen LogP contribution in [0.4, 0.5) is 4.39 Å². The maximum Gasteiger partial charge on any atom is 0.131 e. The molecule has 0 radical (unpaired) electrons. The normalized spacial score (nSPS) is 10.3. The van der Waals surface area contributed by atoms with Gasteiger partial charge in [-0.2, -0.15) is 0 Å². The zero-order valence-corrected chi connectivity index (χ0v) is 11.4. The van der Waals surface area contributed by atoms with E-state index in [0.29, 0.717) is 31.0 Å². The number of ether oxygens (including phenoxy) is 2. The first-order chi connectivity index (χ1) is 9.79. The third-order valence-corrected chi connectivity index (χ3v) is 2.87. The summed E-state index contributed by atoms with van der Waals surface area (Å²) in [6.07, 6.45) is 0. The van der Waals surface area contributed by atoms with Gasteiger partial charge >= 0.3 is 0 Å². The van der Waals surface area contributed by atoms with E-state index in [0.717, 1.165) is 5.75 Å². The lowest BCUT2D eigenvalue weighted by atomic mass is 10.2. The van der Waals surface area contributed by atoms with Crippen molar-refractivity contribution >= 4 is 0 Å². The Balaban J connectivity index is 1.71. The Morgan fingerprint density at radius 2 is 1.85 bits per heavy atom. The van der Waals surface area contributed by atoms with Crippen LogP contribution in [-0.4, -0.2) is 20.3 Å². The molecule has 4 heteroatoms. The van der Waals surface area contributed by atoms with Crippen LogP contribution in [0.2, 0.25) is 0 Å². The van der Waals surface area contributed by atoms with Gasteiger partial charge in [-0.25, -0.2) is 4.39 Å². The molecule has 106 valence electrons. The Morgan fingerprint density at radius 3 is 2.55 bits per heavy atom. The maximum atomic E-state index is 13.7. The van der Waals surface area contributed by atoms with E-state index in [4.69, 9.17) is 9.47 Å². The van der Waals surface area contributed by atoms with Gasteiger partial charge < -0.3 is 14.8 Å². The van der Waals surface area contributed by atoms with Crippen LogP contribution in [0.5, 0.6) is 11.5 Å². The maximum absolute atomic E-state index is 13.7. The minimum absolute atomic E-state index is 0.263. The molecule has 20 heavy (non-hydrogen) atoms. The summed E-state index contributed by atoms with van der Waals surface area (Å²) in [5, 5.41) is 3.14. The fourth-order valence-electron chi connectivity index (χ4n) is 1.78. The smallest absolute Gasteiger partial charge is 0.131 e. The summed E-state index contributed by atoms with van der Waals surface area (Å²) in [6.45, 7) is 1.66. The highest BCUT2D eigenvalue weighted by Gasteiger charge is 2.03. The molecule has 0 bridgehead atoms. The molecular formula is C16H18FNO2. The van der Waals surface area contributed by atoms with Gasteiger partial charge in [0.2, 0.25) is 0 Å². The standard InChI is InChI=1S/C16H18FNO2/c1-19-15-8-7-13(16(17)11-15)12-18-9-10-20-14-5-3-2-4-6-14/h2-8,11,18H,9-10,12H2,1H3. The van der Waals surface area contributed by atoms with Crippen LogP contribution in [0.25, 0.3) is 0 Å². The first-order valence-electron chi connectivity index (χ1n) is 6.50. The summed E-state index contributed by atoms with van der Waals surface area (Å²) in [5.74, 6) is 1.10. The van der Waals surface area contributed by atoms with Crippen LogP contribution < -0.4 is 14.8 Å². The van der Waals surface area contributed by atoms with E-state index < -0.39 is 0 Å². The van der Waals surface area contributed by atoms with Gasteiger partial charge in [0.15, 0.2) is 0 Å². The molecule has 2 aromatic rings. The second-order valence-electron chi connectivity index (χ2n) is 4.30. The van der Waals surface area contributed by atoms with Gasteiger partial charge in [-0.3, -0.25) is 0 Å². The fraction of sp³-hybridized carbons (Fsp3) is 0.250. The number of benzene rings is 2. The monoisotopic (exact) mass is 275 g/mol. The number of nitrogens with one attached hydrogen (secondary N) is 1.